The van der Waals surface area contributed by atoms with Gasteiger partial charge in [-0.2, -0.15) is 0 Å². The summed E-state index contributed by atoms with van der Waals surface area (Å²) >= 11 is 0. The fraction of sp³-hybridized carbons (Fsp3) is 0.672. The molecule has 0 saturated carbocycles. The van der Waals surface area contributed by atoms with E-state index in [1.807, 2.05) is 0 Å². The van der Waals surface area contributed by atoms with Gasteiger partial charge in [0.15, 0.2) is 0 Å². The van der Waals surface area contributed by atoms with Gasteiger partial charge in [-0.25, -0.2) is 0 Å². The van der Waals surface area contributed by atoms with Gasteiger partial charge in [-0.3, -0.25) is 9.80 Å². The Morgan fingerprint density at radius 2 is 0.443 bits per heavy atom. The van der Waals surface area contributed by atoms with Gasteiger partial charge in [-0.1, -0.05) is 315 Å². The molecule has 18 aliphatic heterocycles. The standard InChI is InChI=1S/C128H179N7O14/c1-74-65-84(79-27-37-89(38-28-79)122(4,5)6)67-86(81-31-41-91(42-32-81)124(10,11)12)69-88(83-35-45-93(46-36-83)126(16,17)18)70-87(82-33-43-92(44-34-82)125(13,14)15)68-85(80-29-39-90(40-30-80)123(7,8)9)66-75(2)78-25-49-95(50-26-78)128(21,22)73-135-106(102-115-109(76(3)130-102)137-53-54-143-115)119-121(149-64-63-147-119)108(135)104-117-114(142-58-60-145-117)100(133-104)98-112-111(139-55-56-140-112)97(131-98)99-113-116(144-59-57-141-113)103(132-99)107-120-118(146-61-62-148-120)105(101-110-96(71-129-101)136-51-52-138-110)134(107)72-127(19,20)94-47-23-77(74)24-48-94/h23-50,74-76,84-88,96-121,129-133H,51-73H2,1-22H3. The summed E-state index contributed by atoms with van der Waals surface area (Å²) < 4.78 is 100. The van der Waals surface area contributed by atoms with Crippen molar-refractivity contribution in [2.75, 3.05) is 112 Å². The lowest BCUT2D eigenvalue weighted by atomic mass is 9.70. The van der Waals surface area contributed by atoms with Crippen LogP contribution in [0.25, 0.3) is 0 Å². The van der Waals surface area contributed by atoms with Crippen LogP contribution in [0.1, 0.15) is 310 Å². The number of ether oxygens (including phenoxy) is 14. The first-order chi connectivity index (χ1) is 71.2. The van der Waals surface area contributed by atoms with Crippen LogP contribution in [-0.4, -0.2) is 286 Å². The van der Waals surface area contributed by atoms with Crippen molar-refractivity contribution in [2.24, 2.45) is 0 Å². The molecule has 0 aromatic heterocycles. The highest BCUT2D eigenvalue weighted by molar-refractivity contribution is 5.42. The van der Waals surface area contributed by atoms with Crippen molar-refractivity contribution in [3.63, 3.8) is 0 Å². The fourth-order valence-corrected chi connectivity index (χ4v) is 30.2. The van der Waals surface area contributed by atoms with E-state index in [1.165, 1.54) is 77.9 Å². The molecule has 25 rings (SSSR count). The maximum Gasteiger partial charge on any atom is 0.102 e. The molecule has 7 aromatic carbocycles. The molecule has 810 valence electrons. The van der Waals surface area contributed by atoms with Gasteiger partial charge in [-0.15, -0.1) is 0 Å². The zero-order valence-electron chi connectivity index (χ0n) is 93.7. The summed E-state index contributed by atoms with van der Waals surface area (Å²) in [6, 6.07) is 66.9. The minimum absolute atomic E-state index is 0.0147. The van der Waals surface area contributed by atoms with Crippen LogP contribution in [0.5, 0.6) is 0 Å². The summed E-state index contributed by atoms with van der Waals surface area (Å²) in [5.74, 6) is 1.37. The number of nitrogens with one attached hydrogen (secondary N) is 5. The number of fused-ring (bicyclic) bond motifs is 7. The Bertz CT molecular complexity index is 5490. The van der Waals surface area contributed by atoms with Gasteiger partial charge in [0.25, 0.3) is 0 Å². The van der Waals surface area contributed by atoms with Crippen LogP contribution in [-0.2, 0) is 104 Å². The summed E-state index contributed by atoms with van der Waals surface area (Å²) in [7, 11) is 0. The summed E-state index contributed by atoms with van der Waals surface area (Å²) in [5, 5.41) is 21.6. The third-order valence-electron chi connectivity index (χ3n) is 38.3. The second-order valence-electron chi connectivity index (χ2n) is 54.2. The van der Waals surface area contributed by atoms with E-state index in [0.717, 1.165) is 38.5 Å². The van der Waals surface area contributed by atoms with Crippen molar-refractivity contribution in [2.45, 2.75) is 434 Å². The largest absolute Gasteiger partial charge is 0.372 e. The average molecular weight is 2040 g/mol. The predicted molar refractivity (Wildman–Crippen MR) is 588 cm³/mol. The molecule has 5 N–H and O–H groups in total. The quantitative estimate of drug-likeness (QED) is 0.101. The number of hydrogen-bond acceptors (Lipinski definition) is 21. The van der Waals surface area contributed by atoms with Gasteiger partial charge in [0.05, 0.1) is 171 Å². The second kappa shape index (κ2) is 42.9. The summed E-state index contributed by atoms with van der Waals surface area (Å²) in [4.78, 5) is 5.59. The van der Waals surface area contributed by atoms with Crippen LogP contribution in [0, 0.1) is 0 Å². The summed E-state index contributed by atoms with van der Waals surface area (Å²) in [5.41, 5.74) is 18.2. The average Bonchev–Trinajstić information content (AvgIpc) is 1.55. The Kier molecular flexibility index (Phi) is 30.8. The third kappa shape index (κ3) is 21.6. The van der Waals surface area contributed by atoms with E-state index in [2.05, 4.69) is 359 Å². The lowest BCUT2D eigenvalue weighted by Crippen LogP contribution is -2.62. The van der Waals surface area contributed by atoms with Gasteiger partial charge >= 0.3 is 0 Å². The van der Waals surface area contributed by atoms with Crippen molar-refractivity contribution >= 4 is 0 Å². The first-order valence-electron chi connectivity index (χ1n) is 57.9. The van der Waals surface area contributed by atoms with Crippen molar-refractivity contribution in [1.82, 2.24) is 36.4 Å². The van der Waals surface area contributed by atoms with Crippen molar-refractivity contribution in [3.05, 3.63) is 248 Å². The van der Waals surface area contributed by atoms with Crippen LogP contribution in [0.15, 0.2) is 170 Å². The number of hydrogen-bond donors (Lipinski definition) is 5. The molecule has 14 saturated heterocycles. The Morgan fingerprint density at radius 1 is 0.228 bits per heavy atom. The Hall–Kier alpha value is -6.30. The SMILES string of the molecule is CC1CC(c2ccc(C(C)(C)C)cc2)CC(c2ccc(C(C)(C)C)cc2)CC(c2ccc(C(C)(C)C)cc2)CC(c2ccc(C(C)(C)C)cc2)CC(c2ccc(C(C)(C)C)cc2)CC(C)c2ccc(cc2)C(C)(C)CN2C(C3NC(C)C4OCCOC34)C3OCCOC3C2C2NC(C3NC(C4NC(C5OCCOC45)C4C5OCCOC5C(C5NCC6OCCOC65)N4CC(C)(C)c4ccc1cc4)C1OCCOC31)C1OCCOC21. The molecule has 7 aromatic rings. The molecule has 0 aliphatic carbocycles. The fourth-order valence-electron chi connectivity index (χ4n) is 30.2. The topological polar surface area (TPSA) is 196 Å². The normalized spacial score (nSPS) is 38.7. The van der Waals surface area contributed by atoms with Crippen LogP contribution in [0.4, 0.5) is 0 Å². The molecular weight excluding hydrogens is 1860 g/mol. The summed E-state index contributed by atoms with van der Waals surface area (Å²) in [6.07, 6.45) is 1.77. The molecule has 10 bridgehead atoms. The Labute approximate surface area is 891 Å². The lowest BCUT2D eigenvalue weighted by Gasteiger charge is -2.44. The van der Waals surface area contributed by atoms with Crippen LogP contribution in [0.2, 0.25) is 0 Å². The number of nitrogens with zero attached hydrogens (tertiary/aromatic N) is 2. The molecule has 34 atom stereocenters. The molecule has 14 fully saturated rings. The molecular formula is C128H179N7O14. The molecule has 0 radical (unpaired) electrons. The highest BCUT2D eigenvalue weighted by Gasteiger charge is 2.70. The van der Waals surface area contributed by atoms with Crippen molar-refractivity contribution in [1.29, 1.82) is 0 Å². The smallest absolute Gasteiger partial charge is 0.102 e. The number of benzene rings is 7. The van der Waals surface area contributed by atoms with E-state index in [4.69, 9.17) is 66.3 Å². The molecule has 21 nitrogen and oxygen atoms in total. The van der Waals surface area contributed by atoms with E-state index >= 15 is 0 Å². The lowest BCUT2D eigenvalue weighted by molar-refractivity contribution is -0.164. The van der Waals surface area contributed by atoms with E-state index in [9.17, 15) is 0 Å². The van der Waals surface area contributed by atoms with Crippen LogP contribution in [0.3, 0.4) is 0 Å². The van der Waals surface area contributed by atoms with Crippen molar-refractivity contribution in [3.8, 4) is 0 Å². The highest BCUT2D eigenvalue weighted by atomic mass is 16.6. The van der Waals surface area contributed by atoms with E-state index in [0.29, 0.717) is 112 Å². The van der Waals surface area contributed by atoms with Gasteiger partial charge in [0, 0.05) is 36.5 Å². The zero-order valence-corrected chi connectivity index (χ0v) is 93.7. The first-order valence-corrected chi connectivity index (χ1v) is 57.9. The molecule has 0 amide bonds. The molecule has 34 unspecified atom stereocenters. The maximum absolute atomic E-state index is 7.39. The molecule has 18 heterocycles. The number of rotatable bonds is 7. The van der Waals surface area contributed by atoms with Gasteiger partial charge in [0.2, 0.25) is 0 Å². The molecule has 149 heavy (non-hydrogen) atoms. The van der Waals surface area contributed by atoms with Gasteiger partial charge < -0.3 is 92.9 Å². The first kappa shape index (κ1) is 107. The monoisotopic (exact) mass is 2040 g/mol. The predicted octanol–water partition coefficient (Wildman–Crippen LogP) is 18.9. The zero-order chi connectivity index (χ0) is 104. The second-order valence-corrected chi connectivity index (χ2v) is 54.2. The Morgan fingerprint density at radius 3 is 0.725 bits per heavy atom. The molecule has 18 aliphatic rings. The van der Waals surface area contributed by atoms with E-state index in [1.54, 1.807) is 0 Å². The highest BCUT2D eigenvalue weighted by Crippen LogP contribution is 2.54. The van der Waals surface area contributed by atoms with Gasteiger partial charge in [0.1, 0.15) is 79.4 Å². The van der Waals surface area contributed by atoms with E-state index in [-0.39, 0.29) is 232 Å². The molecule has 21 heteroatoms. The van der Waals surface area contributed by atoms with Crippen LogP contribution < -0.4 is 26.6 Å². The molecule has 0 spiro atoms. The minimum atomic E-state index is -0.418. The van der Waals surface area contributed by atoms with E-state index < -0.39 is 10.8 Å². The minimum Gasteiger partial charge on any atom is -0.372 e. The summed E-state index contributed by atoms with van der Waals surface area (Å²) in [6.45, 7) is 61.5. The Balaban J connectivity index is 0.686. The maximum atomic E-state index is 7.39. The van der Waals surface area contributed by atoms with Crippen LogP contribution >= 0.6 is 0 Å². The third-order valence-corrected chi connectivity index (χ3v) is 38.3. The van der Waals surface area contributed by atoms with Gasteiger partial charge in [-0.05, 0) is 192 Å². The van der Waals surface area contributed by atoms with Crippen molar-refractivity contribution < 1.29 is 66.3 Å².